The standard InChI is InChI=1S/C34H40N4O7/c1-23-34(42)38(2)25(21-24-9-5-4-6-10-24)22-45-30-12-8-7-11-28(30)32(40)37-29(17-18-31(39)36-23)33(41)35-19-20-44-27-15-13-26(43-3)14-16-27/h4-16,23,25,29H,17-22H2,1-3H3,(H,35,41)(H,36,39)(H,37,40)/t23-,25+,29-/m0/s1. The van der Waals surface area contributed by atoms with Crippen molar-refractivity contribution in [2.75, 3.05) is 33.9 Å². The van der Waals surface area contributed by atoms with Crippen LogP contribution in [0.4, 0.5) is 0 Å². The Morgan fingerprint density at radius 3 is 2.38 bits per heavy atom. The highest BCUT2D eigenvalue weighted by Gasteiger charge is 2.29. The summed E-state index contributed by atoms with van der Waals surface area (Å²) in [7, 11) is 3.25. The van der Waals surface area contributed by atoms with Gasteiger partial charge in [-0.25, -0.2) is 0 Å². The van der Waals surface area contributed by atoms with E-state index in [1.165, 1.54) is 0 Å². The molecule has 4 amide bonds. The third-order valence-electron chi connectivity index (χ3n) is 7.53. The predicted molar refractivity (Wildman–Crippen MR) is 168 cm³/mol. The smallest absolute Gasteiger partial charge is 0.255 e. The summed E-state index contributed by atoms with van der Waals surface area (Å²) in [4.78, 5) is 54.5. The van der Waals surface area contributed by atoms with Gasteiger partial charge < -0.3 is 35.1 Å². The molecule has 0 unspecified atom stereocenters. The van der Waals surface area contributed by atoms with E-state index < -0.39 is 29.8 Å². The molecular formula is C34H40N4O7. The first-order valence-corrected chi connectivity index (χ1v) is 14.9. The second kappa shape index (κ2) is 16.1. The van der Waals surface area contributed by atoms with Crippen LogP contribution in [0.3, 0.4) is 0 Å². The maximum Gasteiger partial charge on any atom is 0.255 e. The largest absolute Gasteiger partial charge is 0.497 e. The third kappa shape index (κ3) is 9.46. The lowest BCUT2D eigenvalue weighted by atomic mass is 10.0. The molecule has 0 fully saturated rings. The molecule has 11 nitrogen and oxygen atoms in total. The zero-order valence-electron chi connectivity index (χ0n) is 25.8. The lowest BCUT2D eigenvalue weighted by Crippen LogP contribution is -2.51. The summed E-state index contributed by atoms with van der Waals surface area (Å²) in [5, 5.41) is 8.28. The lowest BCUT2D eigenvalue weighted by molar-refractivity contribution is -0.137. The van der Waals surface area contributed by atoms with Crippen LogP contribution < -0.4 is 30.2 Å². The van der Waals surface area contributed by atoms with Gasteiger partial charge in [-0.1, -0.05) is 42.5 Å². The molecule has 45 heavy (non-hydrogen) atoms. The van der Waals surface area contributed by atoms with Gasteiger partial charge in [-0.2, -0.15) is 0 Å². The molecule has 4 rings (SSSR count). The van der Waals surface area contributed by atoms with Gasteiger partial charge in [-0.3, -0.25) is 19.2 Å². The van der Waals surface area contributed by atoms with Gasteiger partial charge in [-0.05, 0) is 61.7 Å². The molecule has 3 N–H and O–H groups in total. The van der Waals surface area contributed by atoms with Crippen LogP contribution in [-0.4, -0.2) is 80.6 Å². The van der Waals surface area contributed by atoms with Gasteiger partial charge in [0.05, 0.1) is 25.3 Å². The predicted octanol–water partition coefficient (Wildman–Crippen LogP) is 2.74. The van der Waals surface area contributed by atoms with Crippen molar-refractivity contribution in [1.82, 2.24) is 20.9 Å². The molecule has 3 aromatic carbocycles. The second-order valence-corrected chi connectivity index (χ2v) is 10.8. The number of likely N-dealkylation sites (N-methyl/N-ethyl adjacent to an activating group) is 1. The summed E-state index contributed by atoms with van der Waals surface area (Å²) >= 11 is 0. The fourth-order valence-corrected chi connectivity index (χ4v) is 4.94. The number of ether oxygens (including phenoxy) is 3. The van der Waals surface area contributed by atoms with Crippen LogP contribution in [-0.2, 0) is 20.8 Å². The number of rotatable bonds is 8. The number of nitrogens with zero attached hydrogens (tertiary/aromatic N) is 1. The van der Waals surface area contributed by atoms with Crippen LogP contribution in [0.2, 0.25) is 0 Å². The summed E-state index contributed by atoms with van der Waals surface area (Å²) in [5.41, 5.74) is 1.24. The summed E-state index contributed by atoms with van der Waals surface area (Å²) in [5.74, 6) is -0.0536. The second-order valence-electron chi connectivity index (χ2n) is 10.8. The topological polar surface area (TPSA) is 135 Å². The van der Waals surface area contributed by atoms with Crippen LogP contribution in [0.25, 0.3) is 0 Å². The maximum absolute atomic E-state index is 13.5. The Balaban J connectivity index is 1.49. The molecule has 238 valence electrons. The van der Waals surface area contributed by atoms with Crippen LogP contribution in [0, 0.1) is 0 Å². The normalized spacial score (nSPS) is 19.5. The number of carbonyl (C=O) groups is 4. The zero-order chi connectivity index (χ0) is 32.2. The van der Waals surface area contributed by atoms with Gasteiger partial charge in [0.15, 0.2) is 0 Å². The van der Waals surface area contributed by atoms with Gasteiger partial charge in [0.25, 0.3) is 5.91 Å². The number of amides is 4. The lowest BCUT2D eigenvalue weighted by Gasteiger charge is -2.31. The molecule has 0 spiro atoms. The van der Waals surface area contributed by atoms with Crippen molar-refractivity contribution < 1.29 is 33.4 Å². The van der Waals surface area contributed by atoms with E-state index in [0.717, 1.165) is 5.56 Å². The van der Waals surface area contributed by atoms with E-state index in [1.54, 1.807) is 74.5 Å². The van der Waals surface area contributed by atoms with Crippen molar-refractivity contribution in [2.24, 2.45) is 0 Å². The maximum atomic E-state index is 13.5. The SMILES string of the molecule is COc1ccc(OCCNC(=O)[C@@H]2CCC(=O)N[C@@H](C)C(=O)N(C)[C@H](Cc3ccccc3)COc3ccccc3C(=O)N2)cc1. The monoisotopic (exact) mass is 616 g/mol. The number of hydrogen-bond donors (Lipinski definition) is 3. The van der Waals surface area contributed by atoms with Crippen molar-refractivity contribution in [2.45, 2.75) is 44.3 Å². The Morgan fingerprint density at radius 1 is 0.956 bits per heavy atom. The number of benzene rings is 3. The minimum absolute atomic E-state index is 0.0130. The molecule has 0 aliphatic carbocycles. The van der Waals surface area contributed by atoms with E-state index in [4.69, 9.17) is 14.2 Å². The average Bonchev–Trinajstić information content (AvgIpc) is 3.06. The van der Waals surface area contributed by atoms with Crippen molar-refractivity contribution in [1.29, 1.82) is 0 Å². The number of hydrogen-bond acceptors (Lipinski definition) is 7. The molecule has 1 heterocycles. The summed E-state index contributed by atoms with van der Waals surface area (Å²) < 4.78 is 17.0. The van der Waals surface area contributed by atoms with E-state index in [1.807, 2.05) is 30.3 Å². The summed E-state index contributed by atoms with van der Waals surface area (Å²) in [6.45, 7) is 2.08. The van der Waals surface area contributed by atoms with Crippen molar-refractivity contribution >= 4 is 23.6 Å². The molecule has 3 atom stereocenters. The zero-order valence-corrected chi connectivity index (χ0v) is 25.8. The fourth-order valence-electron chi connectivity index (χ4n) is 4.94. The first-order valence-electron chi connectivity index (χ1n) is 14.9. The Hall–Kier alpha value is -5.06. The number of fused-ring (bicyclic) bond motifs is 1. The Morgan fingerprint density at radius 2 is 1.64 bits per heavy atom. The van der Waals surface area contributed by atoms with Gasteiger partial charge in [0, 0.05) is 13.5 Å². The van der Waals surface area contributed by atoms with E-state index >= 15 is 0 Å². The van der Waals surface area contributed by atoms with Gasteiger partial charge >= 0.3 is 0 Å². The van der Waals surface area contributed by atoms with Crippen molar-refractivity contribution in [3.05, 3.63) is 90.0 Å². The van der Waals surface area contributed by atoms with E-state index in [-0.39, 0.29) is 50.1 Å². The fraction of sp³-hybridized carbons (Fsp3) is 0.353. The highest BCUT2D eigenvalue weighted by atomic mass is 16.5. The minimum atomic E-state index is -1.03. The van der Waals surface area contributed by atoms with Crippen molar-refractivity contribution in [3.63, 3.8) is 0 Å². The number of nitrogens with one attached hydrogen (secondary N) is 3. The summed E-state index contributed by atoms with van der Waals surface area (Å²) in [6.07, 6.45) is 0.426. The molecule has 0 saturated carbocycles. The third-order valence-corrected chi connectivity index (χ3v) is 7.53. The Kier molecular flexibility index (Phi) is 11.8. The van der Waals surface area contributed by atoms with E-state index in [0.29, 0.717) is 23.7 Å². The molecule has 3 aromatic rings. The van der Waals surface area contributed by atoms with Crippen LogP contribution >= 0.6 is 0 Å². The molecule has 0 radical (unpaired) electrons. The van der Waals surface area contributed by atoms with E-state index in [9.17, 15) is 19.2 Å². The highest BCUT2D eigenvalue weighted by molar-refractivity contribution is 5.99. The molecule has 1 aliphatic rings. The number of methoxy groups -OCH3 is 1. The Bertz CT molecular complexity index is 1450. The summed E-state index contributed by atoms with van der Waals surface area (Å²) in [6, 6.07) is 21.3. The molecular weight excluding hydrogens is 576 g/mol. The van der Waals surface area contributed by atoms with Crippen LogP contribution in [0.15, 0.2) is 78.9 Å². The first-order chi connectivity index (χ1) is 21.7. The molecule has 0 saturated heterocycles. The van der Waals surface area contributed by atoms with Gasteiger partial charge in [0.2, 0.25) is 17.7 Å². The highest BCUT2D eigenvalue weighted by Crippen LogP contribution is 2.21. The first kappa shape index (κ1) is 32.8. The Labute approximate surface area is 263 Å². The van der Waals surface area contributed by atoms with Gasteiger partial charge in [0.1, 0.15) is 42.5 Å². The van der Waals surface area contributed by atoms with Crippen LogP contribution in [0.5, 0.6) is 17.2 Å². The molecule has 0 bridgehead atoms. The molecule has 1 aliphatic heterocycles. The minimum Gasteiger partial charge on any atom is -0.497 e. The van der Waals surface area contributed by atoms with Crippen LogP contribution in [0.1, 0.15) is 35.7 Å². The van der Waals surface area contributed by atoms with Crippen molar-refractivity contribution in [3.8, 4) is 17.2 Å². The van der Waals surface area contributed by atoms with E-state index in [2.05, 4.69) is 16.0 Å². The molecule has 0 aromatic heterocycles. The average molecular weight is 617 g/mol. The number of carbonyl (C=O) groups excluding carboxylic acids is 4. The van der Waals surface area contributed by atoms with Gasteiger partial charge in [-0.15, -0.1) is 0 Å². The molecule has 11 heteroatoms. The number of para-hydroxylation sites is 1. The quantitative estimate of drug-likeness (QED) is 0.331.